The fourth-order valence-electron chi connectivity index (χ4n) is 4.03. The zero-order valence-corrected chi connectivity index (χ0v) is 19.6. The molecule has 9 heteroatoms. The molecule has 0 saturated carbocycles. The van der Waals surface area contributed by atoms with E-state index in [-0.39, 0.29) is 22.7 Å². The van der Waals surface area contributed by atoms with E-state index in [4.69, 9.17) is 0 Å². The van der Waals surface area contributed by atoms with Crippen molar-refractivity contribution in [3.63, 3.8) is 0 Å². The molecule has 4 rings (SSSR count). The molecule has 3 aromatic rings. The molecule has 1 aliphatic heterocycles. The van der Waals surface area contributed by atoms with E-state index in [9.17, 15) is 23.9 Å². The minimum atomic E-state index is -1.17. The number of hydrogen-bond acceptors (Lipinski definition) is 5. The van der Waals surface area contributed by atoms with Crippen LogP contribution in [0.3, 0.4) is 0 Å². The Bertz CT molecular complexity index is 1230. The number of anilines is 2. The Morgan fingerprint density at radius 3 is 2.25 bits per heavy atom. The molecule has 0 radical (unpaired) electrons. The standard InChI is InChI=1S/C27H27FN4O4/c28-21-8-6-20(7-9-21)26(34)30-24-11-10-22(16-23(24)27(35)36)32-14-12-31(13-15-32)18-25(33)29-17-19-4-2-1-3-5-19/h1-11,16H,12-15,17-18H2,(H,29,33)(H,30,34)(H,35,36). The van der Waals surface area contributed by atoms with Crippen molar-refractivity contribution >= 4 is 29.2 Å². The molecule has 186 valence electrons. The van der Waals surface area contributed by atoms with Crippen molar-refractivity contribution < 1.29 is 23.9 Å². The number of carbonyl (C=O) groups excluding carboxylic acids is 2. The van der Waals surface area contributed by atoms with Crippen molar-refractivity contribution in [3.8, 4) is 0 Å². The van der Waals surface area contributed by atoms with E-state index in [0.717, 1.165) is 11.3 Å². The van der Waals surface area contributed by atoms with Crippen molar-refractivity contribution in [1.29, 1.82) is 0 Å². The molecule has 1 heterocycles. The Morgan fingerprint density at radius 2 is 1.58 bits per heavy atom. The lowest BCUT2D eigenvalue weighted by atomic mass is 10.1. The van der Waals surface area contributed by atoms with Gasteiger partial charge in [0.05, 0.1) is 17.8 Å². The first kappa shape index (κ1) is 24.9. The van der Waals surface area contributed by atoms with E-state index in [1.165, 1.54) is 30.3 Å². The van der Waals surface area contributed by atoms with Gasteiger partial charge in [-0.25, -0.2) is 9.18 Å². The van der Waals surface area contributed by atoms with Crippen LogP contribution in [0.15, 0.2) is 72.8 Å². The third-order valence-corrected chi connectivity index (χ3v) is 6.03. The third kappa shape index (κ3) is 6.45. The largest absolute Gasteiger partial charge is 0.478 e. The summed E-state index contributed by atoms with van der Waals surface area (Å²) in [6.45, 7) is 3.37. The first-order chi connectivity index (χ1) is 17.4. The summed E-state index contributed by atoms with van der Waals surface area (Å²) in [5, 5.41) is 15.2. The summed E-state index contributed by atoms with van der Waals surface area (Å²) in [5.41, 5.74) is 2.11. The molecule has 0 spiro atoms. The number of halogens is 1. The van der Waals surface area contributed by atoms with Crippen LogP contribution >= 0.6 is 0 Å². The maximum absolute atomic E-state index is 13.1. The summed E-state index contributed by atoms with van der Waals surface area (Å²) in [6, 6.07) is 19.6. The number of carbonyl (C=O) groups is 3. The summed E-state index contributed by atoms with van der Waals surface area (Å²) in [6.07, 6.45) is 0. The number of nitrogens with one attached hydrogen (secondary N) is 2. The summed E-state index contributed by atoms with van der Waals surface area (Å²) in [5.74, 6) is -2.19. The van der Waals surface area contributed by atoms with Crippen LogP contribution in [0.2, 0.25) is 0 Å². The van der Waals surface area contributed by atoms with Crippen LogP contribution in [0.1, 0.15) is 26.3 Å². The molecule has 3 N–H and O–H groups in total. The lowest BCUT2D eigenvalue weighted by molar-refractivity contribution is -0.122. The highest BCUT2D eigenvalue weighted by Gasteiger charge is 2.21. The van der Waals surface area contributed by atoms with Gasteiger partial charge in [-0.2, -0.15) is 0 Å². The van der Waals surface area contributed by atoms with Gasteiger partial charge in [0.1, 0.15) is 5.82 Å². The van der Waals surface area contributed by atoms with E-state index in [1.807, 2.05) is 30.3 Å². The smallest absolute Gasteiger partial charge is 0.337 e. The van der Waals surface area contributed by atoms with Crippen molar-refractivity contribution in [2.75, 3.05) is 42.9 Å². The molecule has 36 heavy (non-hydrogen) atoms. The topological polar surface area (TPSA) is 102 Å². The zero-order valence-electron chi connectivity index (χ0n) is 19.6. The van der Waals surface area contributed by atoms with E-state index in [1.54, 1.807) is 12.1 Å². The number of carboxylic acids is 1. The van der Waals surface area contributed by atoms with Crippen LogP contribution in [0, 0.1) is 5.82 Å². The first-order valence-electron chi connectivity index (χ1n) is 11.6. The van der Waals surface area contributed by atoms with Gasteiger partial charge in [0.25, 0.3) is 5.91 Å². The average Bonchev–Trinajstić information content (AvgIpc) is 2.89. The predicted octanol–water partition coefficient (Wildman–Crippen LogP) is 3.21. The molecule has 1 saturated heterocycles. The fourth-order valence-corrected chi connectivity index (χ4v) is 4.03. The predicted molar refractivity (Wildman–Crippen MR) is 135 cm³/mol. The number of benzene rings is 3. The van der Waals surface area contributed by atoms with Gasteiger partial charge in [0.2, 0.25) is 5.91 Å². The molecular weight excluding hydrogens is 463 g/mol. The monoisotopic (exact) mass is 490 g/mol. The van der Waals surface area contributed by atoms with Crippen molar-refractivity contribution in [2.24, 2.45) is 0 Å². The van der Waals surface area contributed by atoms with Crippen LogP contribution in [0.4, 0.5) is 15.8 Å². The first-order valence-corrected chi connectivity index (χ1v) is 11.6. The molecule has 8 nitrogen and oxygen atoms in total. The Labute approximate surface area is 208 Å². The zero-order chi connectivity index (χ0) is 25.5. The highest BCUT2D eigenvalue weighted by Crippen LogP contribution is 2.25. The maximum atomic E-state index is 13.1. The van der Waals surface area contributed by atoms with Gasteiger partial charge in [0.15, 0.2) is 0 Å². The van der Waals surface area contributed by atoms with Crippen LogP contribution in [0.5, 0.6) is 0 Å². The number of piperazine rings is 1. The van der Waals surface area contributed by atoms with Crippen LogP contribution in [0.25, 0.3) is 0 Å². The number of hydrogen-bond donors (Lipinski definition) is 3. The summed E-state index contributed by atoms with van der Waals surface area (Å²) in [4.78, 5) is 40.8. The van der Waals surface area contributed by atoms with Gasteiger partial charge in [0, 0.05) is 44.0 Å². The molecule has 0 bridgehead atoms. The summed E-state index contributed by atoms with van der Waals surface area (Å²) in [7, 11) is 0. The Balaban J connectivity index is 1.33. The van der Waals surface area contributed by atoms with Crippen molar-refractivity contribution in [3.05, 3.63) is 95.3 Å². The fraction of sp³-hybridized carbons (Fsp3) is 0.222. The maximum Gasteiger partial charge on any atom is 0.337 e. The lowest BCUT2D eigenvalue weighted by Crippen LogP contribution is -2.49. The quantitative estimate of drug-likeness (QED) is 0.448. The van der Waals surface area contributed by atoms with Crippen LogP contribution in [-0.4, -0.2) is 60.5 Å². The number of nitrogens with zero attached hydrogens (tertiary/aromatic N) is 2. The van der Waals surface area contributed by atoms with Gasteiger partial charge in [-0.3, -0.25) is 14.5 Å². The van der Waals surface area contributed by atoms with Gasteiger partial charge in [-0.1, -0.05) is 30.3 Å². The summed E-state index contributed by atoms with van der Waals surface area (Å²) >= 11 is 0. The molecule has 0 aliphatic carbocycles. The Kier molecular flexibility index (Phi) is 7.92. The van der Waals surface area contributed by atoms with E-state index in [0.29, 0.717) is 39.3 Å². The minimum absolute atomic E-state index is 0.0364. The molecule has 3 aromatic carbocycles. The number of carboxylic acid groups (broad SMARTS) is 1. The normalized spacial score (nSPS) is 13.8. The van der Waals surface area contributed by atoms with Crippen molar-refractivity contribution in [1.82, 2.24) is 10.2 Å². The van der Waals surface area contributed by atoms with E-state index in [2.05, 4.69) is 20.4 Å². The number of amides is 2. The Morgan fingerprint density at radius 1 is 0.889 bits per heavy atom. The number of rotatable bonds is 8. The summed E-state index contributed by atoms with van der Waals surface area (Å²) < 4.78 is 13.1. The molecular formula is C27H27FN4O4. The van der Waals surface area contributed by atoms with E-state index < -0.39 is 17.7 Å². The average molecular weight is 491 g/mol. The molecule has 0 aromatic heterocycles. The highest BCUT2D eigenvalue weighted by atomic mass is 19.1. The third-order valence-electron chi connectivity index (χ3n) is 6.03. The van der Waals surface area contributed by atoms with Gasteiger partial charge >= 0.3 is 5.97 Å². The van der Waals surface area contributed by atoms with Crippen molar-refractivity contribution in [2.45, 2.75) is 6.54 Å². The van der Waals surface area contributed by atoms with E-state index >= 15 is 0 Å². The van der Waals surface area contributed by atoms with Gasteiger partial charge in [-0.15, -0.1) is 0 Å². The minimum Gasteiger partial charge on any atom is -0.478 e. The van der Waals surface area contributed by atoms with Gasteiger partial charge in [-0.05, 0) is 48.0 Å². The molecule has 1 aliphatic rings. The second-order valence-corrected chi connectivity index (χ2v) is 8.52. The Hall–Kier alpha value is -4.24. The van der Waals surface area contributed by atoms with Crippen LogP contribution in [-0.2, 0) is 11.3 Å². The van der Waals surface area contributed by atoms with Gasteiger partial charge < -0.3 is 20.6 Å². The highest BCUT2D eigenvalue weighted by molar-refractivity contribution is 6.08. The van der Waals surface area contributed by atoms with Crippen LogP contribution < -0.4 is 15.5 Å². The second-order valence-electron chi connectivity index (χ2n) is 8.52. The molecule has 0 atom stereocenters. The number of aromatic carboxylic acids is 1. The molecule has 2 amide bonds. The SMILES string of the molecule is O=C(CN1CCN(c2ccc(NC(=O)c3ccc(F)cc3)c(C(=O)O)c2)CC1)NCc1ccccc1. The molecule has 0 unspecified atom stereocenters. The second kappa shape index (κ2) is 11.5. The molecule has 1 fully saturated rings. The lowest BCUT2D eigenvalue weighted by Gasteiger charge is -2.36.